The van der Waals surface area contributed by atoms with Gasteiger partial charge in [0.15, 0.2) is 5.78 Å². The summed E-state index contributed by atoms with van der Waals surface area (Å²) in [6.07, 6.45) is 7.18. The number of Topliss-reactive ketones (excluding diaryl/α,β-unsaturated/α-hetero) is 2. The molecule has 4 aliphatic rings. The van der Waals surface area contributed by atoms with Gasteiger partial charge in [-0.3, -0.25) is 9.59 Å². The van der Waals surface area contributed by atoms with Crippen molar-refractivity contribution in [2.24, 2.45) is 40.2 Å². The zero-order valence-corrected chi connectivity index (χ0v) is 26.5. The number of unbranched alkanes of at least 4 members (excludes halogenated alkanes) is 3. The molecule has 1 aromatic carbocycles. The highest BCUT2D eigenvalue weighted by Gasteiger charge is 2.80. The molecule has 1 unspecified atom stereocenters. The van der Waals surface area contributed by atoms with E-state index in [-0.39, 0.29) is 52.8 Å². The molecule has 8 heteroatoms. The Bertz CT molecular complexity index is 1340. The number of halogens is 2. The number of hydrogen-bond acceptors (Lipinski definition) is 6. The van der Waals surface area contributed by atoms with Crippen LogP contribution in [0.3, 0.4) is 0 Å². The molecule has 4 aliphatic carbocycles. The van der Waals surface area contributed by atoms with Gasteiger partial charge in [-0.15, -0.1) is 0 Å². The van der Waals surface area contributed by atoms with Gasteiger partial charge in [-0.25, -0.2) is 8.78 Å². The van der Waals surface area contributed by atoms with Crippen LogP contribution in [0.15, 0.2) is 47.6 Å². The summed E-state index contributed by atoms with van der Waals surface area (Å²) in [7, 11) is 0. The highest BCUT2D eigenvalue weighted by Crippen LogP contribution is 2.81. The second kappa shape index (κ2) is 11.8. The van der Waals surface area contributed by atoms with Crippen molar-refractivity contribution in [2.75, 3.05) is 6.61 Å². The van der Waals surface area contributed by atoms with Crippen molar-refractivity contribution in [3.05, 3.63) is 58.7 Å². The first-order valence-corrected chi connectivity index (χ1v) is 16.3. The van der Waals surface area contributed by atoms with E-state index in [4.69, 9.17) is 5.73 Å². The van der Waals surface area contributed by atoms with Gasteiger partial charge in [0.1, 0.15) is 11.4 Å². The summed E-state index contributed by atoms with van der Waals surface area (Å²) >= 11 is 0. The van der Waals surface area contributed by atoms with E-state index in [0.717, 1.165) is 37.7 Å². The number of carbonyl (C=O) groups excluding carboxylic acids is 2. The predicted octanol–water partition coefficient (Wildman–Crippen LogP) is 5.63. The van der Waals surface area contributed by atoms with Gasteiger partial charge in [0.2, 0.25) is 0 Å². The first-order chi connectivity index (χ1) is 20.6. The Balaban J connectivity index is 1.21. The normalized spacial score (nSPS) is 36.1. The fourth-order valence-electron chi connectivity index (χ4n) is 9.53. The maximum Gasteiger partial charge on any atom is 0.263 e. The molecular weight excluding hydrogens is 564 g/mol. The number of hydrogen-bond donors (Lipinski definition) is 4. The van der Waals surface area contributed by atoms with E-state index in [1.807, 2.05) is 13.0 Å². The van der Waals surface area contributed by atoms with Crippen molar-refractivity contribution < 1.29 is 33.7 Å². The SMILES string of the molecule is CC1=C[C@H]2[C@@]3(O)[C@H](C)C[C@]4(CC(=O)C(N)CCCCCCc5ccc(C(F)F)cc5)[C@H]([C@@H]3C=C(CO)C[C@]2(O)C1=O)C4(C)C. The molecule has 6 nitrogen and oxygen atoms in total. The summed E-state index contributed by atoms with van der Waals surface area (Å²) in [6, 6.07) is 5.91. The minimum atomic E-state index is -2.45. The molecule has 0 bridgehead atoms. The van der Waals surface area contributed by atoms with Gasteiger partial charge in [-0.05, 0) is 72.0 Å². The zero-order valence-electron chi connectivity index (χ0n) is 26.5. The third-order valence-corrected chi connectivity index (χ3v) is 12.1. The highest BCUT2D eigenvalue weighted by molar-refractivity contribution is 6.04. The Morgan fingerprint density at radius 2 is 1.73 bits per heavy atom. The predicted molar refractivity (Wildman–Crippen MR) is 165 cm³/mol. The Morgan fingerprint density at radius 1 is 1.07 bits per heavy atom. The van der Waals surface area contributed by atoms with Gasteiger partial charge < -0.3 is 21.1 Å². The molecule has 5 N–H and O–H groups in total. The van der Waals surface area contributed by atoms with Gasteiger partial charge in [-0.1, -0.05) is 76.5 Å². The number of ketones is 2. The van der Waals surface area contributed by atoms with Crippen molar-refractivity contribution in [3.63, 3.8) is 0 Å². The van der Waals surface area contributed by atoms with Crippen LogP contribution in [0.2, 0.25) is 0 Å². The largest absolute Gasteiger partial charge is 0.392 e. The average Bonchev–Trinajstić information content (AvgIpc) is 3.38. The number of carbonyl (C=O) groups is 2. The van der Waals surface area contributed by atoms with Crippen LogP contribution in [-0.2, 0) is 16.0 Å². The Kier molecular flexibility index (Phi) is 8.90. The Labute approximate surface area is 259 Å². The molecule has 0 heterocycles. The highest BCUT2D eigenvalue weighted by atomic mass is 19.3. The minimum absolute atomic E-state index is 0.0126. The number of benzene rings is 1. The fourth-order valence-corrected chi connectivity index (χ4v) is 9.53. The molecule has 1 aromatic rings. The lowest BCUT2D eigenvalue weighted by Gasteiger charge is -2.51. The summed E-state index contributed by atoms with van der Waals surface area (Å²) < 4.78 is 25.5. The van der Waals surface area contributed by atoms with E-state index in [9.17, 15) is 33.7 Å². The molecule has 8 atom stereocenters. The first kappa shape index (κ1) is 33.1. The van der Waals surface area contributed by atoms with E-state index in [1.54, 1.807) is 25.1 Å². The van der Waals surface area contributed by atoms with Gasteiger partial charge >= 0.3 is 0 Å². The molecule has 0 saturated heterocycles. The van der Waals surface area contributed by atoms with Crippen molar-refractivity contribution >= 4 is 11.6 Å². The molecule has 2 fully saturated rings. The van der Waals surface area contributed by atoms with Crippen LogP contribution in [0.25, 0.3) is 0 Å². The lowest BCUT2D eigenvalue weighted by molar-refractivity contribution is -0.173. The maximum atomic E-state index is 13.6. The summed E-state index contributed by atoms with van der Waals surface area (Å²) in [4.78, 5) is 26.7. The molecule has 44 heavy (non-hydrogen) atoms. The van der Waals surface area contributed by atoms with Crippen molar-refractivity contribution in [1.29, 1.82) is 0 Å². The standard InChI is InChI=1S/C36H49F2NO5/c1-21-15-29-35(43,31(21)42)18-24(20-40)16-26-30-33(3,4)34(30,17-22(2)36(26,29)44)19-28(41)27(39)10-8-6-5-7-9-23-11-13-25(14-12-23)32(37)38/h11-16,22,26-27,29-30,32,40,43-44H,5-10,17-20,39H2,1-4H3/t22-,26+,27?,29-,30-,34+,35-,36-/m1/s1. The average molecular weight is 614 g/mol. The maximum absolute atomic E-state index is 13.6. The van der Waals surface area contributed by atoms with Crippen LogP contribution in [0.1, 0.15) is 96.6 Å². The van der Waals surface area contributed by atoms with E-state index in [2.05, 4.69) is 13.8 Å². The number of aryl methyl sites for hydroxylation is 1. The quantitative estimate of drug-likeness (QED) is 0.179. The fraction of sp³-hybridized carbons (Fsp3) is 0.667. The number of aliphatic hydroxyl groups is 3. The lowest BCUT2D eigenvalue weighted by Crippen LogP contribution is -2.60. The molecule has 0 aromatic heterocycles. The van der Waals surface area contributed by atoms with Crippen molar-refractivity contribution in [1.82, 2.24) is 0 Å². The van der Waals surface area contributed by atoms with Crippen LogP contribution in [0, 0.1) is 34.5 Å². The third kappa shape index (κ3) is 5.23. The van der Waals surface area contributed by atoms with Crippen LogP contribution >= 0.6 is 0 Å². The summed E-state index contributed by atoms with van der Waals surface area (Å²) in [5.41, 5.74) is 4.69. The van der Waals surface area contributed by atoms with Gasteiger partial charge in [0, 0.05) is 30.2 Å². The van der Waals surface area contributed by atoms with Crippen molar-refractivity contribution in [3.8, 4) is 0 Å². The van der Waals surface area contributed by atoms with Crippen LogP contribution in [-0.4, -0.2) is 50.7 Å². The number of fused-ring (bicyclic) bond motifs is 5. The van der Waals surface area contributed by atoms with Crippen molar-refractivity contribution in [2.45, 2.75) is 109 Å². The number of aliphatic hydroxyl groups excluding tert-OH is 1. The van der Waals surface area contributed by atoms with E-state index in [0.29, 0.717) is 30.4 Å². The molecule has 2 saturated carbocycles. The molecular formula is C36H49F2NO5. The molecule has 0 amide bonds. The van der Waals surface area contributed by atoms with Crippen LogP contribution in [0.4, 0.5) is 8.78 Å². The molecule has 242 valence electrons. The van der Waals surface area contributed by atoms with Gasteiger partial charge in [0.05, 0.1) is 18.2 Å². The monoisotopic (exact) mass is 613 g/mol. The summed E-state index contributed by atoms with van der Waals surface area (Å²) in [5.74, 6) is -1.93. The Morgan fingerprint density at radius 3 is 2.36 bits per heavy atom. The topological polar surface area (TPSA) is 121 Å². The summed E-state index contributed by atoms with van der Waals surface area (Å²) in [5, 5.41) is 34.4. The third-order valence-electron chi connectivity index (χ3n) is 12.1. The van der Waals surface area contributed by atoms with E-state index in [1.165, 1.54) is 12.1 Å². The zero-order chi connectivity index (χ0) is 32.2. The molecule has 0 spiro atoms. The Hall–Kier alpha value is -2.26. The van der Waals surface area contributed by atoms with E-state index >= 15 is 0 Å². The number of rotatable bonds is 12. The van der Waals surface area contributed by atoms with Gasteiger partial charge in [0.25, 0.3) is 6.43 Å². The molecule has 0 radical (unpaired) electrons. The smallest absolute Gasteiger partial charge is 0.263 e. The summed E-state index contributed by atoms with van der Waals surface area (Å²) in [6.45, 7) is 7.60. The number of alkyl halides is 2. The second-order valence-corrected chi connectivity index (χ2v) is 14.9. The van der Waals surface area contributed by atoms with Crippen LogP contribution < -0.4 is 5.73 Å². The first-order valence-electron chi connectivity index (χ1n) is 16.3. The van der Waals surface area contributed by atoms with E-state index < -0.39 is 35.5 Å². The lowest BCUT2D eigenvalue weighted by atomic mass is 9.58. The van der Waals surface area contributed by atoms with Crippen LogP contribution in [0.5, 0.6) is 0 Å². The molecule has 5 rings (SSSR count). The van der Waals surface area contributed by atoms with Gasteiger partial charge in [-0.2, -0.15) is 0 Å². The molecule has 0 aliphatic heterocycles. The number of nitrogens with two attached hydrogens (primary N) is 1. The second-order valence-electron chi connectivity index (χ2n) is 14.9. The minimum Gasteiger partial charge on any atom is -0.392 e.